The molecule has 108 valence electrons. The molecule has 1 fully saturated rings. The van der Waals surface area contributed by atoms with Gasteiger partial charge in [-0.25, -0.2) is 0 Å². The molecule has 0 spiro atoms. The number of hydrogen-bond acceptors (Lipinski definition) is 3. The van der Waals surface area contributed by atoms with Crippen LogP contribution in [0.3, 0.4) is 0 Å². The van der Waals surface area contributed by atoms with E-state index in [4.69, 9.17) is 0 Å². The minimum absolute atomic E-state index is 0.118. The second-order valence-electron chi connectivity index (χ2n) is 5.58. The average molecular weight is 274 g/mol. The normalized spacial score (nSPS) is 15.8. The number of piperidine rings is 1. The summed E-state index contributed by atoms with van der Waals surface area (Å²) in [5, 5.41) is 0. The van der Waals surface area contributed by atoms with Gasteiger partial charge < -0.3 is 4.90 Å². The van der Waals surface area contributed by atoms with Gasteiger partial charge in [-0.15, -0.1) is 0 Å². The fraction of sp³-hybridized carbons (Fsp3) is 0.500. The van der Waals surface area contributed by atoms with E-state index in [-0.39, 0.29) is 11.7 Å². The van der Waals surface area contributed by atoms with E-state index in [1.165, 1.54) is 11.1 Å². The highest BCUT2D eigenvalue weighted by molar-refractivity contribution is 5.84. The Labute approximate surface area is 120 Å². The van der Waals surface area contributed by atoms with Crippen molar-refractivity contribution < 1.29 is 9.59 Å². The molecule has 4 heteroatoms. The molecule has 0 saturated carbocycles. The highest BCUT2D eigenvalue weighted by Crippen LogP contribution is 2.08. The number of benzene rings is 1. The molecule has 1 aliphatic rings. The van der Waals surface area contributed by atoms with Gasteiger partial charge in [0.25, 0.3) is 0 Å². The zero-order valence-corrected chi connectivity index (χ0v) is 12.3. The molecule has 1 amide bonds. The first-order chi connectivity index (χ1) is 9.54. The topological polar surface area (TPSA) is 40.6 Å². The summed E-state index contributed by atoms with van der Waals surface area (Å²) in [7, 11) is 1.95. The van der Waals surface area contributed by atoms with E-state index in [0.29, 0.717) is 32.5 Å². The van der Waals surface area contributed by atoms with E-state index in [0.717, 1.165) is 6.54 Å². The van der Waals surface area contributed by atoms with Crippen LogP contribution in [0, 0.1) is 6.92 Å². The number of rotatable bonds is 4. The smallest absolute Gasteiger partial charge is 0.236 e. The molecule has 20 heavy (non-hydrogen) atoms. The minimum atomic E-state index is 0.118. The van der Waals surface area contributed by atoms with E-state index < -0.39 is 0 Å². The lowest BCUT2D eigenvalue weighted by Gasteiger charge is -2.28. The van der Waals surface area contributed by atoms with Crippen LogP contribution < -0.4 is 0 Å². The van der Waals surface area contributed by atoms with Crippen molar-refractivity contribution in [2.75, 3.05) is 26.7 Å². The molecule has 1 aromatic rings. The maximum atomic E-state index is 12.1. The Bertz CT molecular complexity index is 472. The third-order valence-corrected chi connectivity index (χ3v) is 3.65. The molecule has 0 radical (unpaired) electrons. The van der Waals surface area contributed by atoms with Crippen LogP contribution in [0.25, 0.3) is 0 Å². The number of carbonyl (C=O) groups excluding carboxylic acids is 2. The zero-order chi connectivity index (χ0) is 14.5. The molecule has 4 nitrogen and oxygen atoms in total. The van der Waals surface area contributed by atoms with Gasteiger partial charge in [0.05, 0.1) is 6.54 Å². The lowest BCUT2D eigenvalue weighted by molar-refractivity contribution is -0.135. The predicted octanol–water partition coefficient (Wildman–Crippen LogP) is 1.62. The van der Waals surface area contributed by atoms with Crippen LogP contribution in [0.15, 0.2) is 24.3 Å². The number of aryl methyl sites for hydroxylation is 1. The summed E-state index contributed by atoms with van der Waals surface area (Å²) in [6.45, 7) is 4.39. The molecule has 0 N–H and O–H groups in total. The summed E-state index contributed by atoms with van der Waals surface area (Å²) in [6.07, 6.45) is 1.01. The zero-order valence-electron chi connectivity index (χ0n) is 12.3. The molecule has 2 rings (SSSR count). The number of likely N-dealkylation sites (tertiary alicyclic amines) is 1. The van der Waals surface area contributed by atoms with Crippen molar-refractivity contribution in [3.63, 3.8) is 0 Å². The van der Waals surface area contributed by atoms with Gasteiger partial charge in [0.15, 0.2) is 0 Å². The Morgan fingerprint density at radius 3 is 2.40 bits per heavy atom. The first kappa shape index (κ1) is 14.7. The molecule has 0 unspecified atom stereocenters. The van der Waals surface area contributed by atoms with Crippen LogP contribution in [0.4, 0.5) is 0 Å². The van der Waals surface area contributed by atoms with Crippen molar-refractivity contribution in [3.8, 4) is 0 Å². The van der Waals surface area contributed by atoms with Gasteiger partial charge in [0, 0.05) is 32.5 Å². The highest BCUT2D eigenvalue weighted by Gasteiger charge is 2.21. The monoisotopic (exact) mass is 274 g/mol. The summed E-state index contributed by atoms with van der Waals surface area (Å²) >= 11 is 0. The fourth-order valence-corrected chi connectivity index (χ4v) is 2.40. The minimum Gasteiger partial charge on any atom is -0.341 e. The summed E-state index contributed by atoms with van der Waals surface area (Å²) in [5.41, 5.74) is 2.45. The third-order valence-electron chi connectivity index (χ3n) is 3.65. The summed E-state index contributed by atoms with van der Waals surface area (Å²) in [5.74, 6) is 0.383. The van der Waals surface area contributed by atoms with E-state index in [9.17, 15) is 9.59 Å². The summed E-state index contributed by atoms with van der Waals surface area (Å²) < 4.78 is 0. The van der Waals surface area contributed by atoms with Gasteiger partial charge in [-0.1, -0.05) is 29.8 Å². The van der Waals surface area contributed by atoms with Crippen LogP contribution in [-0.2, 0) is 16.1 Å². The molecule has 0 aromatic heterocycles. The first-order valence-corrected chi connectivity index (χ1v) is 7.08. The number of nitrogens with zero attached hydrogens (tertiary/aromatic N) is 2. The van der Waals surface area contributed by atoms with Crippen LogP contribution in [0.2, 0.25) is 0 Å². The molecular formula is C16H22N2O2. The Hall–Kier alpha value is -1.68. The van der Waals surface area contributed by atoms with Gasteiger partial charge in [0.2, 0.25) is 5.91 Å². The van der Waals surface area contributed by atoms with Crippen LogP contribution >= 0.6 is 0 Å². The van der Waals surface area contributed by atoms with Crippen molar-refractivity contribution in [1.29, 1.82) is 0 Å². The van der Waals surface area contributed by atoms with Crippen molar-refractivity contribution in [2.45, 2.75) is 26.3 Å². The number of Topliss-reactive ketones (excluding diaryl/α,β-unsaturated/α-hetero) is 1. The van der Waals surface area contributed by atoms with Crippen molar-refractivity contribution in [1.82, 2.24) is 9.80 Å². The van der Waals surface area contributed by atoms with Gasteiger partial charge in [-0.3, -0.25) is 14.5 Å². The highest BCUT2D eigenvalue weighted by atomic mass is 16.2. The van der Waals surface area contributed by atoms with E-state index in [1.54, 1.807) is 4.90 Å². The Balaban J connectivity index is 1.81. The van der Waals surface area contributed by atoms with E-state index in [2.05, 4.69) is 31.2 Å². The molecule has 1 saturated heterocycles. The van der Waals surface area contributed by atoms with Gasteiger partial charge in [0.1, 0.15) is 5.78 Å². The summed E-state index contributed by atoms with van der Waals surface area (Å²) in [4.78, 5) is 27.1. The average Bonchev–Trinajstić information content (AvgIpc) is 2.42. The molecule has 0 atom stereocenters. The number of carbonyl (C=O) groups is 2. The lowest BCUT2D eigenvalue weighted by Crippen LogP contribution is -2.43. The lowest BCUT2D eigenvalue weighted by atomic mass is 10.1. The Morgan fingerprint density at radius 1 is 1.20 bits per heavy atom. The maximum absolute atomic E-state index is 12.1. The van der Waals surface area contributed by atoms with E-state index >= 15 is 0 Å². The molecule has 1 aliphatic heterocycles. The quantitative estimate of drug-likeness (QED) is 0.837. The SMILES string of the molecule is Cc1ccc(CN(C)CC(=O)N2CCC(=O)CC2)cc1. The second kappa shape index (κ2) is 6.66. The molecule has 0 aliphatic carbocycles. The number of likely N-dealkylation sites (N-methyl/N-ethyl adjacent to an activating group) is 1. The maximum Gasteiger partial charge on any atom is 0.236 e. The largest absolute Gasteiger partial charge is 0.341 e. The Kier molecular flexibility index (Phi) is 4.90. The van der Waals surface area contributed by atoms with Crippen LogP contribution in [-0.4, -0.2) is 48.2 Å². The molecule has 1 heterocycles. The number of amides is 1. The van der Waals surface area contributed by atoms with Gasteiger partial charge in [-0.2, -0.15) is 0 Å². The molecule has 1 aromatic carbocycles. The Morgan fingerprint density at radius 2 is 1.80 bits per heavy atom. The predicted molar refractivity (Wildman–Crippen MR) is 78.3 cm³/mol. The molecule has 0 bridgehead atoms. The number of ketones is 1. The molecular weight excluding hydrogens is 252 g/mol. The first-order valence-electron chi connectivity index (χ1n) is 7.08. The standard InChI is InChI=1S/C16H22N2O2/c1-13-3-5-14(6-4-13)11-17(2)12-16(20)18-9-7-15(19)8-10-18/h3-6H,7-12H2,1-2H3. The van der Waals surface area contributed by atoms with Crippen molar-refractivity contribution in [3.05, 3.63) is 35.4 Å². The van der Waals surface area contributed by atoms with Crippen molar-refractivity contribution in [2.24, 2.45) is 0 Å². The summed E-state index contributed by atoms with van der Waals surface area (Å²) in [6, 6.07) is 8.36. The second-order valence-corrected chi connectivity index (χ2v) is 5.58. The number of hydrogen-bond donors (Lipinski definition) is 0. The van der Waals surface area contributed by atoms with Gasteiger partial charge in [-0.05, 0) is 19.5 Å². The third kappa shape index (κ3) is 4.17. The van der Waals surface area contributed by atoms with Crippen LogP contribution in [0.1, 0.15) is 24.0 Å². The fourth-order valence-electron chi connectivity index (χ4n) is 2.40. The van der Waals surface area contributed by atoms with Crippen LogP contribution in [0.5, 0.6) is 0 Å². The van der Waals surface area contributed by atoms with E-state index in [1.807, 2.05) is 11.9 Å². The van der Waals surface area contributed by atoms with Gasteiger partial charge >= 0.3 is 0 Å². The van der Waals surface area contributed by atoms with Crippen molar-refractivity contribution >= 4 is 11.7 Å².